The van der Waals surface area contributed by atoms with E-state index in [2.05, 4.69) is 23.9 Å². The zero-order valence-corrected chi connectivity index (χ0v) is 14.9. The molecule has 0 aliphatic carbocycles. The minimum atomic E-state index is -3.38. The zero-order chi connectivity index (χ0) is 15.7. The standard InChI is InChI=1S/C15H28N2O2S2/c1-4-7-9-13(8-5-2)17-21(18,19)15-10-14(20-12-15)11-16-6-3/h10,12-13,16-17H,4-9,11H2,1-3H3. The van der Waals surface area contributed by atoms with Crippen LogP contribution in [0.15, 0.2) is 16.3 Å². The highest BCUT2D eigenvalue weighted by Crippen LogP contribution is 2.20. The second-order valence-corrected chi connectivity index (χ2v) is 7.99. The van der Waals surface area contributed by atoms with Crippen LogP contribution in [0, 0.1) is 0 Å². The lowest BCUT2D eigenvalue weighted by Crippen LogP contribution is -2.34. The van der Waals surface area contributed by atoms with E-state index < -0.39 is 10.0 Å². The molecule has 122 valence electrons. The molecule has 0 aromatic carbocycles. The molecule has 1 rings (SSSR count). The van der Waals surface area contributed by atoms with Gasteiger partial charge >= 0.3 is 0 Å². The molecule has 0 saturated heterocycles. The van der Waals surface area contributed by atoms with Crippen molar-refractivity contribution in [3.8, 4) is 0 Å². The van der Waals surface area contributed by atoms with Crippen molar-refractivity contribution in [1.82, 2.24) is 10.0 Å². The van der Waals surface area contributed by atoms with E-state index in [-0.39, 0.29) is 6.04 Å². The fourth-order valence-electron chi connectivity index (χ4n) is 2.19. The number of sulfonamides is 1. The topological polar surface area (TPSA) is 58.2 Å². The molecule has 0 spiro atoms. The Bertz CT molecular complexity index is 498. The Labute approximate surface area is 133 Å². The Morgan fingerprint density at radius 3 is 2.57 bits per heavy atom. The number of hydrogen-bond acceptors (Lipinski definition) is 4. The molecule has 0 amide bonds. The lowest BCUT2D eigenvalue weighted by molar-refractivity contribution is 0.483. The summed E-state index contributed by atoms with van der Waals surface area (Å²) < 4.78 is 27.8. The summed E-state index contributed by atoms with van der Waals surface area (Å²) in [5.74, 6) is 0. The summed E-state index contributed by atoms with van der Waals surface area (Å²) in [6.07, 6.45) is 4.95. The van der Waals surface area contributed by atoms with E-state index in [4.69, 9.17) is 0 Å². The van der Waals surface area contributed by atoms with Crippen LogP contribution in [0.2, 0.25) is 0 Å². The largest absolute Gasteiger partial charge is 0.312 e. The molecule has 1 atom stereocenters. The zero-order valence-electron chi connectivity index (χ0n) is 13.3. The van der Waals surface area contributed by atoms with E-state index in [1.165, 1.54) is 11.3 Å². The summed E-state index contributed by atoms with van der Waals surface area (Å²) in [5, 5.41) is 4.95. The number of hydrogen-bond donors (Lipinski definition) is 2. The van der Waals surface area contributed by atoms with Crippen LogP contribution in [0.5, 0.6) is 0 Å². The maximum Gasteiger partial charge on any atom is 0.241 e. The quantitative estimate of drug-likeness (QED) is 0.652. The predicted molar refractivity (Wildman–Crippen MR) is 90.2 cm³/mol. The van der Waals surface area contributed by atoms with E-state index >= 15 is 0 Å². The normalized spacial score (nSPS) is 13.5. The highest BCUT2D eigenvalue weighted by atomic mass is 32.2. The van der Waals surface area contributed by atoms with E-state index in [1.807, 2.05) is 6.92 Å². The first kappa shape index (κ1) is 18.6. The lowest BCUT2D eigenvalue weighted by Gasteiger charge is -2.17. The first-order valence-electron chi connectivity index (χ1n) is 7.83. The van der Waals surface area contributed by atoms with Gasteiger partial charge in [-0.05, 0) is 25.5 Å². The molecule has 0 saturated carbocycles. The third kappa shape index (κ3) is 6.46. The lowest BCUT2D eigenvalue weighted by atomic mass is 10.1. The second kappa shape index (κ2) is 9.56. The Balaban J connectivity index is 2.71. The van der Waals surface area contributed by atoms with Crippen LogP contribution in [0.25, 0.3) is 0 Å². The van der Waals surface area contributed by atoms with E-state index in [0.717, 1.165) is 50.1 Å². The third-order valence-corrected chi connectivity index (χ3v) is 5.94. The summed E-state index contributed by atoms with van der Waals surface area (Å²) in [4.78, 5) is 1.45. The van der Waals surface area contributed by atoms with Gasteiger partial charge in [-0.2, -0.15) is 0 Å². The molecular weight excluding hydrogens is 304 g/mol. The maximum atomic E-state index is 12.4. The number of rotatable bonds is 11. The molecular formula is C15H28N2O2S2. The van der Waals surface area contributed by atoms with Crippen molar-refractivity contribution in [2.75, 3.05) is 6.54 Å². The molecule has 6 heteroatoms. The number of thiophene rings is 1. The van der Waals surface area contributed by atoms with Gasteiger partial charge in [-0.1, -0.05) is 40.0 Å². The molecule has 0 radical (unpaired) electrons. The van der Waals surface area contributed by atoms with Gasteiger partial charge in [-0.3, -0.25) is 0 Å². The molecule has 21 heavy (non-hydrogen) atoms. The van der Waals surface area contributed by atoms with Gasteiger partial charge < -0.3 is 5.32 Å². The highest BCUT2D eigenvalue weighted by Gasteiger charge is 2.20. The number of nitrogens with one attached hydrogen (secondary N) is 2. The van der Waals surface area contributed by atoms with Crippen LogP contribution >= 0.6 is 11.3 Å². The van der Waals surface area contributed by atoms with Crippen molar-refractivity contribution < 1.29 is 8.42 Å². The molecule has 0 aliphatic heterocycles. The molecule has 1 heterocycles. The number of unbranched alkanes of at least 4 members (excludes halogenated alkanes) is 1. The van der Waals surface area contributed by atoms with Crippen LogP contribution in [0.3, 0.4) is 0 Å². The average Bonchev–Trinajstić information content (AvgIpc) is 2.92. The summed E-state index contributed by atoms with van der Waals surface area (Å²) >= 11 is 1.49. The summed E-state index contributed by atoms with van der Waals surface area (Å²) in [7, 11) is -3.38. The van der Waals surface area contributed by atoms with Gasteiger partial charge in [0.1, 0.15) is 0 Å². The summed E-state index contributed by atoms with van der Waals surface area (Å²) in [6, 6.07) is 1.83. The molecule has 0 fully saturated rings. The molecule has 1 aromatic heterocycles. The molecule has 1 aromatic rings. The van der Waals surface area contributed by atoms with Gasteiger partial charge in [0.25, 0.3) is 0 Å². The van der Waals surface area contributed by atoms with Crippen molar-refractivity contribution in [3.05, 3.63) is 16.3 Å². The van der Waals surface area contributed by atoms with Gasteiger partial charge in [-0.15, -0.1) is 11.3 Å². The van der Waals surface area contributed by atoms with Crippen LogP contribution in [0.4, 0.5) is 0 Å². The Morgan fingerprint density at radius 1 is 1.19 bits per heavy atom. The monoisotopic (exact) mass is 332 g/mol. The highest BCUT2D eigenvalue weighted by molar-refractivity contribution is 7.89. The minimum Gasteiger partial charge on any atom is -0.312 e. The van der Waals surface area contributed by atoms with Crippen LogP contribution in [-0.2, 0) is 16.6 Å². The maximum absolute atomic E-state index is 12.4. The van der Waals surface area contributed by atoms with E-state index in [1.54, 1.807) is 11.4 Å². The summed E-state index contributed by atoms with van der Waals surface area (Å²) in [6.45, 7) is 7.87. The Morgan fingerprint density at radius 2 is 1.95 bits per heavy atom. The first-order valence-corrected chi connectivity index (χ1v) is 10.2. The fourth-order valence-corrected chi connectivity index (χ4v) is 4.74. The average molecular weight is 333 g/mol. The van der Waals surface area contributed by atoms with Gasteiger partial charge in [0.2, 0.25) is 10.0 Å². The smallest absolute Gasteiger partial charge is 0.241 e. The molecule has 0 bridgehead atoms. The summed E-state index contributed by atoms with van der Waals surface area (Å²) in [5.41, 5.74) is 0. The Hall–Kier alpha value is -0.430. The molecule has 4 nitrogen and oxygen atoms in total. The first-order chi connectivity index (χ1) is 10.0. The van der Waals surface area contributed by atoms with Gasteiger partial charge in [0, 0.05) is 22.8 Å². The van der Waals surface area contributed by atoms with Crippen LogP contribution in [-0.4, -0.2) is 21.0 Å². The minimum absolute atomic E-state index is 0.0528. The van der Waals surface area contributed by atoms with Crippen LogP contribution < -0.4 is 10.0 Å². The van der Waals surface area contributed by atoms with E-state index in [9.17, 15) is 8.42 Å². The van der Waals surface area contributed by atoms with E-state index in [0.29, 0.717) is 4.90 Å². The van der Waals surface area contributed by atoms with Gasteiger partial charge in [-0.25, -0.2) is 13.1 Å². The van der Waals surface area contributed by atoms with Crippen LogP contribution in [0.1, 0.15) is 57.8 Å². The molecule has 2 N–H and O–H groups in total. The van der Waals surface area contributed by atoms with Gasteiger partial charge in [0.05, 0.1) is 4.90 Å². The predicted octanol–water partition coefficient (Wildman–Crippen LogP) is 3.49. The van der Waals surface area contributed by atoms with Crippen molar-refractivity contribution in [2.24, 2.45) is 0 Å². The Kier molecular flexibility index (Phi) is 8.48. The van der Waals surface area contributed by atoms with Crippen molar-refractivity contribution in [3.63, 3.8) is 0 Å². The fraction of sp³-hybridized carbons (Fsp3) is 0.733. The van der Waals surface area contributed by atoms with Crippen molar-refractivity contribution in [1.29, 1.82) is 0 Å². The molecule has 1 unspecified atom stereocenters. The van der Waals surface area contributed by atoms with Gasteiger partial charge in [0.15, 0.2) is 0 Å². The molecule has 0 aliphatic rings. The van der Waals surface area contributed by atoms with Crippen molar-refractivity contribution >= 4 is 21.4 Å². The second-order valence-electron chi connectivity index (χ2n) is 5.28. The van der Waals surface area contributed by atoms with Crippen molar-refractivity contribution in [2.45, 2.75) is 70.4 Å². The SMILES string of the molecule is CCCCC(CCC)NS(=O)(=O)c1csc(CNCC)c1. The third-order valence-electron chi connectivity index (χ3n) is 3.35.